The predicted octanol–water partition coefficient (Wildman–Crippen LogP) is 2.22. The van der Waals surface area contributed by atoms with Crippen LogP contribution in [0.5, 0.6) is 0 Å². The zero-order valence-electron chi connectivity index (χ0n) is 14.0. The smallest absolute Gasteiger partial charge is 0.266 e. The first-order valence-electron chi connectivity index (χ1n) is 8.46. The molecule has 2 aromatic carbocycles. The molecule has 25 heavy (non-hydrogen) atoms. The molecule has 0 saturated heterocycles. The molecule has 0 aliphatic heterocycles. The molecular formula is C20H19N3O2. The van der Waals surface area contributed by atoms with E-state index in [0.29, 0.717) is 12.0 Å². The van der Waals surface area contributed by atoms with Crippen LogP contribution in [0.2, 0.25) is 0 Å². The molecule has 0 saturated carbocycles. The third-order valence-electron chi connectivity index (χ3n) is 4.82. The van der Waals surface area contributed by atoms with Crippen LogP contribution in [-0.2, 0) is 19.9 Å². The van der Waals surface area contributed by atoms with Crippen LogP contribution in [-0.4, -0.2) is 21.7 Å². The molecule has 1 heterocycles. The Morgan fingerprint density at radius 1 is 1.20 bits per heavy atom. The lowest BCUT2D eigenvalue weighted by atomic mass is 9.92. The highest BCUT2D eigenvalue weighted by molar-refractivity contribution is 6.07. The Hall–Kier alpha value is -2.95. The second-order valence-corrected chi connectivity index (χ2v) is 6.52. The summed E-state index contributed by atoms with van der Waals surface area (Å²) in [6, 6.07) is 15.3. The minimum Gasteiger partial charge on any atom is -0.349 e. The number of nitrogens with one attached hydrogen (secondary N) is 1. The highest BCUT2D eigenvalue weighted by atomic mass is 16.1. The average Bonchev–Trinajstić information content (AvgIpc) is 2.62. The molecule has 5 heteroatoms. The third kappa shape index (κ3) is 2.93. The van der Waals surface area contributed by atoms with Gasteiger partial charge in [-0.1, -0.05) is 36.4 Å². The van der Waals surface area contributed by atoms with E-state index in [1.807, 2.05) is 42.5 Å². The van der Waals surface area contributed by atoms with Gasteiger partial charge in [0.15, 0.2) is 0 Å². The van der Waals surface area contributed by atoms with Gasteiger partial charge in [-0.3, -0.25) is 9.59 Å². The van der Waals surface area contributed by atoms with Crippen molar-refractivity contribution in [3.63, 3.8) is 0 Å². The second-order valence-electron chi connectivity index (χ2n) is 6.52. The van der Waals surface area contributed by atoms with Crippen LogP contribution in [0.15, 0.2) is 53.3 Å². The van der Waals surface area contributed by atoms with Gasteiger partial charge in [0.05, 0.1) is 5.69 Å². The van der Waals surface area contributed by atoms with Gasteiger partial charge in [-0.15, -0.1) is 0 Å². The fourth-order valence-corrected chi connectivity index (χ4v) is 3.50. The molecule has 1 aromatic heterocycles. The van der Waals surface area contributed by atoms with E-state index in [2.05, 4.69) is 10.4 Å². The highest BCUT2D eigenvalue weighted by Crippen LogP contribution is 2.21. The van der Waals surface area contributed by atoms with Gasteiger partial charge in [-0.25, -0.2) is 4.68 Å². The molecule has 1 atom stereocenters. The molecule has 0 fully saturated rings. The normalized spacial score (nSPS) is 16.4. The lowest BCUT2D eigenvalue weighted by Crippen LogP contribution is -2.40. The predicted molar refractivity (Wildman–Crippen MR) is 96.7 cm³/mol. The van der Waals surface area contributed by atoms with E-state index < -0.39 is 0 Å². The number of nitrogens with zero attached hydrogens (tertiary/aromatic N) is 2. The summed E-state index contributed by atoms with van der Waals surface area (Å²) in [6.45, 7) is 0. The van der Waals surface area contributed by atoms with Crippen LogP contribution < -0.4 is 10.9 Å². The van der Waals surface area contributed by atoms with Gasteiger partial charge in [0.1, 0.15) is 0 Å². The number of amides is 1. The number of carbonyl (C=O) groups excluding carboxylic acids is 1. The lowest BCUT2D eigenvalue weighted by Gasteiger charge is -2.25. The van der Waals surface area contributed by atoms with Crippen LogP contribution in [0, 0.1) is 0 Å². The van der Waals surface area contributed by atoms with E-state index in [0.717, 1.165) is 34.9 Å². The Labute approximate surface area is 145 Å². The number of carbonyl (C=O) groups is 1. The monoisotopic (exact) mass is 333 g/mol. The van der Waals surface area contributed by atoms with E-state index >= 15 is 0 Å². The van der Waals surface area contributed by atoms with Crippen molar-refractivity contribution in [1.29, 1.82) is 0 Å². The minimum absolute atomic E-state index is 0.0212. The van der Waals surface area contributed by atoms with E-state index in [4.69, 9.17) is 0 Å². The van der Waals surface area contributed by atoms with Crippen LogP contribution in [0.1, 0.15) is 28.0 Å². The quantitative estimate of drug-likeness (QED) is 0.782. The fraction of sp³-hybridized carbons (Fsp3) is 0.250. The number of hydrogen-bond acceptors (Lipinski definition) is 3. The Bertz CT molecular complexity index is 1020. The average molecular weight is 333 g/mol. The SMILES string of the molecule is Cn1nc2c(cc1=O)CC(NC(=O)c1cccc3ccccc13)CC2. The van der Waals surface area contributed by atoms with Crippen molar-refractivity contribution in [1.82, 2.24) is 15.1 Å². The molecule has 0 radical (unpaired) electrons. The lowest BCUT2D eigenvalue weighted by molar-refractivity contribution is 0.0935. The summed E-state index contributed by atoms with van der Waals surface area (Å²) in [7, 11) is 1.66. The zero-order valence-corrected chi connectivity index (χ0v) is 14.0. The second kappa shape index (κ2) is 6.16. The zero-order chi connectivity index (χ0) is 17.4. The van der Waals surface area contributed by atoms with Crippen LogP contribution in [0.25, 0.3) is 10.8 Å². The van der Waals surface area contributed by atoms with Gasteiger partial charge >= 0.3 is 0 Å². The van der Waals surface area contributed by atoms with Gasteiger partial charge in [0.2, 0.25) is 0 Å². The van der Waals surface area contributed by atoms with Crippen molar-refractivity contribution in [2.75, 3.05) is 0 Å². The van der Waals surface area contributed by atoms with Crippen LogP contribution in [0.3, 0.4) is 0 Å². The molecule has 1 aliphatic carbocycles. The van der Waals surface area contributed by atoms with Crippen molar-refractivity contribution in [2.45, 2.75) is 25.3 Å². The number of aromatic nitrogens is 2. The highest BCUT2D eigenvalue weighted by Gasteiger charge is 2.23. The first kappa shape index (κ1) is 15.6. The first-order chi connectivity index (χ1) is 12.1. The summed E-state index contributed by atoms with van der Waals surface area (Å²) >= 11 is 0. The van der Waals surface area contributed by atoms with Crippen molar-refractivity contribution in [2.24, 2.45) is 7.05 Å². The van der Waals surface area contributed by atoms with Gasteiger partial charge in [-0.05, 0) is 41.7 Å². The van der Waals surface area contributed by atoms with Crippen LogP contribution >= 0.6 is 0 Å². The molecule has 4 rings (SSSR count). The van der Waals surface area contributed by atoms with E-state index in [-0.39, 0.29) is 17.5 Å². The van der Waals surface area contributed by atoms with Gasteiger partial charge in [-0.2, -0.15) is 5.10 Å². The standard InChI is InChI=1S/C20H19N3O2/c1-23-19(24)12-14-11-15(9-10-18(14)22-23)21-20(25)17-8-4-6-13-5-2-3-7-16(13)17/h2-8,12,15H,9-11H2,1H3,(H,21,25). The molecule has 3 aromatic rings. The third-order valence-corrected chi connectivity index (χ3v) is 4.82. The minimum atomic E-state index is -0.111. The van der Waals surface area contributed by atoms with Crippen molar-refractivity contribution < 1.29 is 4.79 Å². The van der Waals surface area contributed by atoms with Crippen molar-refractivity contribution in [3.05, 3.63) is 75.7 Å². The molecule has 0 bridgehead atoms. The summed E-state index contributed by atoms with van der Waals surface area (Å²) in [4.78, 5) is 24.6. The summed E-state index contributed by atoms with van der Waals surface area (Å²) < 4.78 is 1.37. The molecule has 1 amide bonds. The van der Waals surface area contributed by atoms with Gasteiger partial charge < -0.3 is 5.32 Å². The Morgan fingerprint density at radius 2 is 2.00 bits per heavy atom. The number of fused-ring (bicyclic) bond motifs is 2. The molecule has 126 valence electrons. The van der Waals surface area contributed by atoms with E-state index in [1.54, 1.807) is 13.1 Å². The summed E-state index contributed by atoms with van der Waals surface area (Å²) in [5.74, 6) is -0.0676. The Morgan fingerprint density at radius 3 is 2.88 bits per heavy atom. The Kier molecular flexibility index (Phi) is 3.84. The van der Waals surface area contributed by atoms with Gasteiger partial charge in [0, 0.05) is 24.7 Å². The first-order valence-corrected chi connectivity index (χ1v) is 8.46. The summed E-state index contributed by atoms with van der Waals surface area (Å²) in [5.41, 5.74) is 2.47. The molecule has 5 nitrogen and oxygen atoms in total. The maximum absolute atomic E-state index is 12.8. The molecule has 1 N–H and O–H groups in total. The number of aryl methyl sites for hydroxylation is 2. The number of hydrogen-bond donors (Lipinski definition) is 1. The maximum atomic E-state index is 12.8. The van der Waals surface area contributed by atoms with Crippen molar-refractivity contribution >= 4 is 16.7 Å². The largest absolute Gasteiger partial charge is 0.349 e. The maximum Gasteiger partial charge on any atom is 0.266 e. The van der Waals surface area contributed by atoms with Crippen LogP contribution in [0.4, 0.5) is 0 Å². The fourth-order valence-electron chi connectivity index (χ4n) is 3.50. The molecule has 1 unspecified atom stereocenters. The molecular weight excluding hydrogens is 314 g/mol. The molecule has 0 spiro atoms. The number of benzene rings is 2. The topological polar surface area (TPSA) is 64.0 Å². The number of rotatable bonds is 2. The van der Waals surface area contributed by atoms with E-state index in [9.17, 15) is 9.59 Å². The van der Waals surface area contributed by atoms with Crippen molar-refractivity contribution in [3.8, 4) is 0 Å². The van der Waals surface area contributed by atoms with Gasteiger partial charge in [0.25, 0.3) is 11.5 Å². The Balaban J connectivity index is 1.57. The van der Waals surface area contributed by atoms with E-state index in [1.165, 1.54) is 4.68 Å². The molecule has 1 aliphatic rings. The summed E-state index contributed by atoms with van der Waals surface area (Å²) in [5, 5.41) is 9.45. The summed E-state index contributed by atoms with van der Waals surface area (Å²) in [6.07, 6.45) is 2.24.